The monoisotopic (exact) mass is 443 g/mol. The summed E-state index contributed by atoms with van der Waals surface area (Å²) in [6, 6.07) is 21.1. The maximum Gasteiger partial charge on any atom is 0.262 e. The molecule has 0 saturated carbocycles. The lowest BCUT2D eigenvalue weighted by Gasteiger charge is -2.08. The second-order valence-electron chi connectivity index (χ2n) is 7.15. The largest absolute Gasteiger partial charge is 0.497 e. The Labute approximate surface area is 190 Å². The van der Waals surface area contributed by atoms with Gasteiger partial charge in [-0.05, 0) is 67.6 Å². The number of rotatable bonds is 8. The van der Waals surface area contributed by atoms with Crippen molar-refractivity contribution in [1.82, 2.24) is 10.1 Å². The average Bonchev–Trinajstić information content (AvgIpc) is 3.34. The molecule has 0 atom stereocenters. The summed E-state index contributed by atoms with van der Waals surface area (Å²) in [6.07, 6.45) is 0. The Morgan fingerprint density at radius 2 is 1.64 bits per heavy atom. The van der Waals surface area contributed by atoms with Crippen molar-refractivity contribution in [3.05, 3.63) is 78.4 Å². The Morgan fingerprint density at radius 1 is 0.939 bits per heavy atom. The maximum atomic E-state index is 12.2. The molecule has 1 amide bonds. The molecule has 0 spiro atoms. The van der Waals surface area contributed by atoms with E-state index in [1.165, 1.54) is 6.92 Å². The number of carbonyl (C=O) groups excluding carboxylic acids is 2. The van der Waals surface area contributed by atoms with Crippen LogP contribution in [0.15, 0.2) is 77.3 Å². The molecule has 0 unspecified atom stereocenters. The molecule has 0 fully saturated rings. The molecule has 1 aromatic heterocycles. The van der Waals surface area contributed by atoms with Crippen molar-refractivity contribution in [1.29, 1.82) is 0 Å². The first-order valence-electron chi connectivity index (χ1n) is 10.1. The summed E-state index contributed by atoms with van der Waals surface area (Å²) in [7, 11) is 1.61. The highest BCUT2D eigenvalue weighted by molar-refractivity contribution is 5.97. The number of ether oxygens (including phenoxy) is 2. The van der Waals surface area contributed by atoms with E-state index in [0.29, 0.717) is 28.7 Å². The van der Waals surface area contributed by atoms with Crippen LogP contribution in [0.5, 0.6) is 11.5 Å². The third-order valence-electron chi connectivity index (χ3n) is 4.80. The van der Waals surface area contributed by atoms with Crippen molar-refractivity contribution in [2.45, 2.75) is 6.92 Å². The van der Waals surface area contributed by atoms with Gasteiger partial charge in [-0.2, -0.15) is 4.98 Å². The fourth-order valence-corrected chi connectivity index (χ4v) is 3.05. The molecule has 8 nitrogen and oxygen atoms in total. The third-order valence-corrected chi connectivity index (χ3v) is 4.80. The smallest absolute Gasteiger partial charge is 0.262 e. The van der Waals surface area contributed by atoms with Gasteiger partial charge in [-0.1, -0.05) is 17.3 Å². The molecule has 0 saturated heterocycles. The third kappa shape index (κ3) is 5.43. The molecule has 0 bridgehead atoms. The summed E-state index contributed by atoms with van der Waals surface area (Å²) in [4.78, 5) is 28.1. The lowest BCUT2D eigenvalue weighted by Crippen LogP contribution is -2.20. The molecule has 0 aliphatic heterocycles. The van der Waals surface area contributed by atoms with Gasteiger partial charge in [0.15, 0.2) is 12.4 Å². The van der Waals surface area contributed by atoms with E-state index in [9.17, 15) is 9.59 Å². The van der Waals surface area contributed by atoms with Crippen molar-refractivity contribution >= 4 is 17.4 Å². The molecule has 4 aromatic rings. The first kappa shape index (κ1) is 21.8. The van der Waals surface area contributed by atoms with Crippen molar-refractivity contribution in [2.24, 2.45) is 0 Å². The average molecular weight is 443 g/mol. The van der Waals surface area contributed by atoms with Crippen LogP contribution < -0.4 is 14.8 Å². The molecular formula is C25H21N3O5. The van der Waals surface area contributed by atoms with E-state index < -0.39 is 0 Å². The molecular weight excluding hydrogens is 422 g/mol. The minimum atomic E-state index is -0.333. The van der Waals surface area contributed by atoms with E-state index in [1.807, 2.05) is 24.3 Å². The van der Waals surface area contributed by atoms with Crippen molar-refractivity contribution in [3.63, 3.8) is 0 Å². The highest BCUT2D eigenvalue weighted by Gasteiger charge is 2.12. The molecule has 3 aromatic carbocycles. The van der Waals surface area contributed by atoms with E-state index in [2.05, 4.69) is 15.5 Å². The SMILES string of the molecule is COc1ccc(-c2noc(-c3ccc(OCC(=O)Nc4cccc(C(C)=O)c4)cc3)n2)cc1. The van der Waals surface area contributed by atoms with Crippen LogP contribution in [0.3, 0.4) is 0 Å². The van der Waals surface area contributed by atoms with Gasteiger partial charge in [0.05, 0.1) is 7.11 Å². The van der Waals surface area contributed by atoms with Gasteiger partial charge in [-0.25, -0.2) is 0 Å². The second kappa shape index (κ2) is 9.78. The molecule has 33 heavy (non-hydrogen) atoms. The first-order chi connectivity index (χ1) is 16.0. The molecule has 1 N–H and O–H groups in total. The van der Waals surface area contributed by atoms with Crippen LogP contribution in [0.4, 0.5) is 5.69 Å². The van der Waals surface area contributed by atoms with Crippen LogP contribution in [-0.4, -0.2) is 35.5 Å². The lowest BCUT2D eigenvalue weighted by atomic mass is 10.1. The predicted octanol–water partition coefficient (Wildman–Crippen LogP) is 4.63. The summed E-state index contributed by atoms with van der Waals surface area (Å²) < 4.78 is 16.1. The number of nitrogens with zero attached hydrogens (tertiary/aromatic N) is 2. The van der Waals surface area contributed by atoms with E-state index in [-0.39, 0.29) is 18.3 Å². The Bertz CT molecular complexity index is 1260. The number of Topliss-reactive ketones (excluding diaryl/α,β-unsaturated/α-hetero) is 1. The first-order valence-corrected chi connectivity index (χ1v) is 10.1. The Morgan fingerprint density at radius 3 is 2.33 bits per heavy atom. The summed E-state index contributed by atoms with van der Waals surface area (Å²) in [5.74, 6) is 1.70. The number of carbonyl (C=O) groups is 2. The number of nitrogens with one attached hydrogen (secondary N) is 1. The molecule has 4 rings (SSSR count). The second-order valence-corrected chi connectivity index (χ2v) is 7.15. The summed E-state index contributed by atoms with van der Waals surface area (Å²) in [5, 5.41) is 6.74. The normalized spacial score (nSPS) is 10.5. The van der Waals surface area contributed by atoms with E-state index in [4.69, 9.17) is 14.0 Å². The Balaban J connectivity index is 1.35. The van der Waals surface area contributed by atoms with E-state index in [0.717, 1.165) is 16.9 Å². The Hall–Kier alpha value is -4.46. The van der Waals surface area contributed by atoms with Gasteiger partial charge in [-0.3, -0.25) is 9.59 Å². The van der Waals surface area contributed by atoms with Gasteiger partial charge in [-0.15, -0.1) is 0 Å². The minimum absolute atomic E-state index is 0.0696. The maximum absolute atomic E-state index is 12.2. The molecule has 166 valence electrons. The van der Waals surface area contributed by atoms with Crippen LogP contribution in [0.25, 0.3) is 22.8 Å². The fraction of sp³-hybridized carbons (Fsp3) is 0.120. The van der Waals surface area contributed by atoms with Crippen molar-refractivity contribution in [2.75, 3.05) is 19.0 Å². The van der Waals surface area contributed by atoms with E-state index in [1.54, 1.807) is 55.6 Å². The van der Waals surface area contributed by atoms with Gasteiger partial charge in [0.2, 0.25) is 5.82 Å². The number of amides is 1. The number of aromatic nitrogens is 2. The van der Waals surface area contributed by atoms with Crippen LogP contribution >= 0.6 is 0 Å². The topological polar surface area (TPSA) is 104 Å². The quantitative estimate of drug-likeness (QED) is 0.396. The predicted molar refractivity (Wildman–Crippen MR) is 122 cm³/mol. The van der Waals surface area contributed by atoms with Gasteiger partial charge in [0, 0.05) is 22.4 Å². The Kier molecular flexibility index (Phi) is 6.45. The number of hydrogen-bond donors (Lipinski definition) is 1. The zero-order valence-corrected chi connectivity index (χ0v) is 18.1. The van der Waals surface area contributed by atoms with E-state index >= 15 is 0 Å². The lowest BCUT2D eigenvalue weighted by molar-refractivity contribution is -0.118. The standard InChI is InChI=1S/C25H21N3O5/c1-16(29)19-4-3-5-20(14-19)26-23(30)15-32-22-12-8-18(9-13-22)25-27-24(28-33-25)17-6-10-21(31-2)11-7-17/h3-14H,15H2,1-2H3,(H,26,30). The highest BCUT2D eigenvalue weighted by Crippen LogP contribution is 2.25. The summed E-state index contributed by atoms with van der Waals surface area (Å²) in [5.41, 5.74) is 2.60. The van der Waals surface area contributed by atoms with Crippen LogP contribution in [0, 0.1) is 0 Å². The van der Waals surface area contributed by atoms with Crippen LogP contribution in [0.2, 0.25) is 0 Å². The minimum Gasteiger partial charge on any atom is -0.497 e. The van der Waals surface area contributed by atoms with Crippen LogP contribution in [-0.2, 0) is 4.79 Å². The molecule has 0 aliphatic carbocycles. The fourth-order valence-electron chi connectivity index (χ4n) is 3.05. The van der Waals surface area contributed by atoms with Crippen molar-refractivity contribution in [3.8, 4) is 34.3 Å². The van der Waals surface area contributed by atoms with Crippen molar-refractivity contribution < 1.29 is 23.6 Å². The molecule has 8 heteroatoms. The zero-order chi connectivity index (χ0) is 23.2. The summed E-state index contributed by atoms with van der Waals surface area (Å²) >= 11 is 0. The summed E-state index contributed by atoms with van der Waals surface area (Å²) in [6.45, 7) is 1.30. The highest BCUT2D eigenvalue weighted by atomic mass is 16.5. The van der Waals surface area contributed by atoms with Crippen LogP contribution in [0.1, 0.15) is 17.3 Å². The van der Waals surface area contributed by atoms with Gasteiger partial charge < -0.3 is 19.3 Å². The number of methoxy groups -OCH3 is 1. The number of anilines is 1. The van der Waals surface area contributed by atoms with Gasteiger partial charge >= 0.3 is 0 Å². The molecule has 0 aliphatic rings. The number of hydrogen-bond acceptors (Lipinski definition) is 7. The number of ketones is 1. The number of benzene rings is 3. The molecule has 1 heterocycles. The molecule has 0 radical (unpaired) electrons. The zero-order valence-electron chi connectivity index (χ0n) is 18.1. The van der Waals surface area contributed by atoms with Gasteiger partial charge in [0.25, 0.3) is 11.8 Å². The van der Waals surface area contributed by atoms with Gasteiger partial charge in [0.1, 0.15) is 11.5 Å².